The van der Waals surface area contributed by atoms with Crippen LogP contribution in [0.5, 0.6) is 0 Å². The smallest absolute Gasteiger partial charge is 0.0975 e. The van der Waals surface area contributed by atoms with Crippen molar-refractivity contribution in [2.24, 2.45) is 0 Å². The van der Waals surface area contributed by atoms with Gasteiger partial charge >= 0.3 is 0 Å². The van der Waals surface area contributed by atoms with Gasteiger partial charge in [0.1, 0.15) is 0 Å². The molecule has 0 aromatic carbocycles. The largest absolute Gasteiger partial charge is 0.374 e. The van der Waals surface area contributed by atoms with Gasteiger partial charge in [0.2, 0.25) is 0 Å². The second-order valence-corrected chi connectivity index (χ2v) is 10.7. The summed E-state index contributed by atoms with van der Waals surface area (Å²) in [6.45, 7) is 8.40. The predicted octanol–water partition coefficient (Wildman–Crippen LogP) is 9.10. The number of rotatable bonds is 25. The van der Waals surface area contributed by atoms with E-state index in [1.807, 2.05) is 0 Å². The van der Waals surface area contributed by atoms with Crippen LogP contribution in [0.3, 0.4) is 0 Å². The first-order valence-electron chi connectivity index (χ1n) is 15.3. The maximum atomic E-state index is 6.24. The number of nitrogens with zero attached hydrogens (tertiary/aromatic N) is 1. The van der Waals surface area contributed by atoms with Crippen molar-refractivity contribution in [3.63, 3.8) is 0 Å². The van der Waals surface area contributed by atoms with Gasteiger partial charge in [0.15, 0.2) is 0 Å². The highest BCUT2D eigenvalue weighted by atomic mass is 16.5. The quantitative estimate of drug-likeness (QED) is 0.0962. The molecule has 0 aromatic heterocycles. The number of allylic oxidation sites excluding steroid dienone is 2. The van der Waals surface area contributed by atoms with Crippen LogP contribution in [0.2, 0.25) is 0 Å². The van der Waals surface area contributed by atoms with E-state index in [0.717, 1.165) is 26.3 Å². The highest BCUT2D eigenvalue weighted by Gasteiger charge is 2.32. The van der Waals surface area contributed by atoms with E-state index in [4.69, 9.17) is 9.47 Å². The van der Waals surface area contributed by atoms with Crippen molar-refractivity contribution in [3.8, 4) is 0 Å². The first kappa shape index (κ1) is 31.6. The van der Waals surface area contributed by atoms with E-state index in [0.29, 0.717) is 0 Å². The van der Waals surface area contributed by atoms with E-state index in [1.54, 1.807) is 0 Å². The molecule has 0 radical (unpaired) electrons. The van der Waals surface area contributed by atoms with Gasteiger partial charge < -0.3 is 14.4 Å². The molecule has 1 rings (SSSR count). The third-order valence-electron chi connectivity index (χ3n) is 7.22. The number of ether oxygens (including phenoxy) is 2. The molecule has 202 valence electrons. The van der Waals surface area contributed by atoms with Crippen LogP contribution in [0.1, 0.15) is 142 Å². The molecule has 0 aromatic rings. The van der Waals surface area contributed by atoms with Gasteiger partial charge in [-0.25, -0.2) is 0 Å². The summed E-state index contributed by atoms with van der Waals surface area (Å²) in [6, 6.07) is 0. The van der Waals surface area contributed by atoms with E-state index >= 15 is 0 Å². The molecule has 2 unspecified atom stereocenters. The summed E-state index contributed by atoms with van der Waals surface area (Å²) in [7, 11) is 2.19. The highest BCUT2D eigenvalue weighted by molar-refractivity contribution is 4.84. The SMILES string of the molecule is CCCCC/C=C\CCCCCCCCCCCOC1CN(C)CC1OCCCCCCCC. The molecule has 0 bridgehead atoms. The summed E-state index contributed by atoms with van der Waals surface area (Å²) in [5.74, 6) is 0. The second kappa shape index (κ2) is 24.3. The summed E-state index contributed by atoms with van der Waals surface area (Å²) >= 11 is 0. The Morgan fingerprint density at radius 3 is 1.35 bits per heavy atom. The fourth-order valence-electron chi connectivity index (χ4n) is 4.95. The number of likely N-dealkylation sites (N-methyl/N-ethyl adjacent to an activating group) is 1. The van der Waals surface area contributed by atoms with Gasteiger partial charge in [0, 0.05) is 26.3 Å². The van der Waals surface area contributed by atoms with Gasteiger partial charge in [-0.3, -0.25) is 0 Å². The van der Waals surface area contributed by atoms with Crippen LogP contribution in [0.25, 0.3) is 0 Å². The Kier molecular flexibility index (Phi) is 22.6. The molecule has 0 saturated carbocycles. The normalized spacial score (nSPS) is 19.0. The lowest BCUT2D eigenvalue weighted by Crippen LogP contribution is -2.30. The minimum Gasteiger partial charge on any atom is -0.374 e. The van der Waals surface area contributed by atoms with Crippen molar-refractivity contribution in [3.05, 3.63) is 12.2 Å². The Morgan fingerprint density at radius 2 is 0.882 bits per heavy atom. The summed E-state index contributed by atoms with van der Waals surface area (Å²) in [5, 5.41) is 0. The van der Waals surface area contributed by atoms with Crippen LogP contribution in [-0.2, 0) is 9.47 Å². The van der Waals surface area contributed by atoms with Crippen LogP contribution in [-0.4, -0.2) is 50.5 Å². The van der Waals surface area contributed by atoms with E-state index < -0.39 is 0 Å². The van der Waals surface area contributed by atoms with Crippen LogP contribution in [0.4, 0.5) is 0 Å². The van der Waals surface area contributed by atoms with Crippen LogP contribution in [0.15, 0.2) is 12.2 Å². The molecule has 34 heavy (non-hydrogen) atoms. The summed E-state index contributed by atoms with van der Waals surface area (Å²) in [6.07, 6.45) is 32.3. The lowest BCUT2D eigenvalue weighted by molar-refractivity contribution is -0.0481. The maximum absolute atomic E-state index is 6.24. The van der Waals surface area contributed by atoms with Crippen LogP contribution < -0.4 is 0 Å². The van der Waals surface area contributed by atoms with Gasteiger partial charge in [0.25, 0.3) is 0 Å². The third kappa shape index (κ3) is 18.9. The predicted molar refractivity (Wildman–Crippen MR) is 150 cm³/mol. The minimum absolute atomic E-state index is 0.274. The summed E-state index contributed by atoms with van der Waals surface area (Å²) in [4.78, 5) is 2.36. The van der Waals surface area contributed by atoms with Gasteiger partial charge in [0.05, 0.1) is 12.2 Å². The van der Waals surface area contributed by atoms with Crippen molar-refractivity contribution >= 4 is 0 Å². The maximum Gasteiger partial charge on any atom is 0.0975 e. The van der Waals surface area contributed by atoms with Crippen molar-refractivity contribution in [2.75, 3.05) is 33.4 Å². The Hall–Kier alpha value is -0.380. The van der Waals surface area contributed by atoms with E-state index in [1.165, 1.54) is 128 Å². The standard InChI is InChI=1S/C31H61NO2/c1-4-6-8-10-12-13-14-15-16-17-18-19-20-21-23-25-27-34-31-29-32(3)28-30(31)33-26-24-22-11-9-7-5-2/h12-13,30-31H,4-11,14-29H2,1-3H3/b13-12-. The molecule has 3 nitrogen and oxygen atoms in total. The van der Waals surface area contributed by atoms with Gasteiger partial charge in [-0.05, 0) is 45.6 Å². The monoisotopic (exact) mass is 479 g/mol. The molecule has 0 aliphatic carbocycles. The first-order chi connectivity index (χ1) is 16.8. The van der Waals surface area contributed by atoms with Crippen molar-refractivity contribution < 1.29 is 9.47 Å². The van der Waals surface area contributed by atoms with E-state index in [2.05, 4.69) is 37.9 Å². The van der Waals surface area contributed by atoms with E-state index in [9.17, 15) is 0 Å². The summed E-state index contributed by atoms with van der Waals surface area (Å²) < 4.78 is 12.4. The Labute approximate surface area is 214 Å². The molecular weight excluding hydrogens is 418 g/mol. The number of unbranched alkanes of at least 4 members (excludes halogenated alkanes) is 17. The Bertz CT molecular complexity index is 439. The fraction of sp³-hybridized carbons (Fsp3) is 0.935. The molecule has 1 fully saturated rings. The number of hydrogen-bond acceptors (Lipinski definition) is 3. The molecule has 0 spiro atoms. The molecule has 0 N–H and O–H groups in total. The van der Waals surface area contributed by atoms with Crippen LogP contribution >= 0.6 is 0 Å². The molecule has 1 saturated heterocycles. The average Bonchev–Trinajstić information content (AvgIpc) is 3.19. The van der Waals surface area contributed by atoms with Crippen molar-refractivity contribution in [1.82, 2.24) is 4.90 Å². The fourth-order valence-corrected chi connectivity index (χ4v) is 4.95. The molecule has 1 aliphatic rings. The van der Waals surface area contributed by atoms with E-state index in [-0.39, 0.29) is 12.2 Å². The summed E-state index contributed by atoms with van der Waals surface area (Å²) in [5.41, 5.74) is 0. The molecule has 2 atom stereocenters. The minimum atomic E-state index is 0.274. The van der Waals surface area contributed by atoms with Crippen LogP contribution in [0, 0.1) is 0 Å². The second-order valence-electron chi connectivity index (χ2n) is 10.7. The zero-order valence-electron chi connectivity index (χ0n) is 23.5. The number of hydrogen-bond donors (Lipinski definition) is 0. The lowest BCUT2D eigenvalue weighted by Gasteiger charge is -2.20. The van der Waals surface area contributed by atoms with Crippen molar-refractivity contribution in [1.29, 1.82) is 0 Å². The zero-order valence-corrected chi connectivity index (χ0v) is 23.5. The third-order valence-corrected chi connectivity index (χ3v) is 7.22. The average molecular weight is 480 g/mol. The molecular formula is C31H61NO2. The number of likely N-dealkylation sites (tertiary alicyclic amines) is 1. The topological polar surface area (TPSA) is 21.7 Å². The highest BCUT2D eigenvalue weighted by Crippen LogP contribution is 2.17. The van der Waals surface area contributed by atoms with Gasteiger partial charge in [-0.2, -0.15) is 0 Å². The molecule has 1 heterocycles. The zero-order chi connectivity index (χ0) is 24.5. The molecule has 1 aliphatic heterocycles. The molecule has 3 heteroatoms. The lowest BCUT2D eigenvalue weighted by atomic mass is 10.1. The van der Waals surface area contributed by atoms with Gasteiger partial charge in [-0.15, -0.1) is 0 Å². The Balaban J connectivity index is 1.87. The first-order valence-corrected chi connectivity index (χ1v) is 15.3. The van der Waals surface area contributed by atoms with Gasteiger partial charge in [-0.1, -0.05) is 116 Å². The Morgan fingerprint density at radius 1 is 0.529 bits per heavy atom. The van der Waals surface area contributed by atoms with Crippen molar-refractivity contribution in [2.45, 2.75) is 154 Å². The molecule has 0 amide bonds.